The van der Waals surface area contributed by atoms with Gasteiger partial charge in [0.1, 0.15) is 11.3 Å². The number of nitrogens with one attached hydrogen (secondary N) is 1. The fraction of sp³-hybridized carbons (Fsp3) is 0.207. The average molecular weight is 470 g/mol. The van der Waals surface area contributed by atoms with E-state index in [1.54, 1.807) is 19.1 Å². The maximum absolute atomic E-state index is 13.0. The lowest BCUT2D eigenvalue weighted by atomic mass is 10.0. The van der Waals surface area contributed by atoms with Crippen LogP contribution in [0.5, 0.6) is 0 Å². The van der Waals surface area contributed by atoms with Crippen molar-refractivity contribution in [3.8, 4) is 11.3 Å². The zero-order chi connectivity index (χ0) is 24.8. The molecule has 4 aromatic rings. The number of carbonyl (C=O) groups excluding carboxylic acids is 2. The highest BCUT2D eigenvalue weighted by molar-refractivity contribution is 6.02. The molecular formula is C29H27NO5. The molecule has 0 radical (unpaired) electrons. The zero-order valence-electron chi connectivity index (χ0n) is 19.7. The summed E-state index contributed by atoms with van der Waals surface area (Å²) < 4.78 is 11.4. The second-order valence-electron chi connectivity index (χ2n) is 8.33. The van der Waals surface area contributed by atoms with Crippen LogP contribution in [0.3, 0.4) is 0 Å². The van der Waals surface area contributed by atoms with E-state index in [1.807, 2.05) is 67.6 Å². The van der Waals surface area contributed by atoms with E-state index in [4.69, 9.17) is 9.15 Å². The van der Waals surface area contributed by atoms with Crippen molar-refractivity contribution >= 4 is 22.8 Å². The number of para-hydroxylation sites is 1. The number of esters is 1. The van der Waals surface area contributed by atoms with Gasteiger partial charge in [0.25, 0.3) is 5.91 Å². The normalized spacial score (nSPS) is 11.7. The first-order valence-corrected chi connectivity index (χ1v) is 11.6. The number of hydrogen-bond donors (Lipinski definition) is 1. The molecule has 0 fully saturated rings. The van der Waals surface area contributed by atoms with Gasteiger partial charge in [0.05, 0.1) is 11.4 Å². The molecule has 0 saturated carbocycles. The summed E-state index contributed by atoms with van der Waals surface area (Å²) in [7, 11) is 0. The summed E-state index contributed by atoms with van der Waals surface area (Å²) >= 11 is 0. The summed E-state index contributed by atoms with van der Waals surface area (Å²) in [6, 6.07) is 23.5. The predicted molar refractivity (Wildman–Crippen MR) is 135 cm³/mol. The van der Waals surface area contributed by atoms with Crippen molar-refractivity contribution in [3.63, 3.8) is 0 Å². The predicted octanol–water partition coefficient (Wildman–Crippen LogP) is 5.58. The maximum Gasteiger partial charge on any atom is 0.342 e. The Morgan fingerprint density at radius 3 is 2.31 bits per heavy atom. The van der Waals surface area contributed by atoms with Crippen molar-refractivity contribution in [2.75, 3.05) is 6.61 Å². The summed E-state index contributed by atoms with van der Waals surface area (Å²) in [5.74, 6) is -0.738. The molecule has 1 atom stereocenters. The first kappa shape index (κ1) is 24.0. The molecule has 3 aromatic carbocycles. The highest BCUT2D eigenvalue weighted by atomic mass is 16.5. The quantitative estimate of drug-likeness (QED) is 0.340. The highest BCUT2D eigenvalue weighted by Crippen LogP contribution is 2.27. The van der Waals surface area contributed by atoms with Gasteiger partial charge in [-0.1, -0.05) is 80.1 Å². The molecule has 1 amide bonds. The van der Waals surface area contributed by atoms with Gasteiger partial charge in [-0.2, -0.15) is 0 Å². The number of benzene rings is 3. The first-order chi connectivity index (χ1) is 17.0. The minimum absolute atomic E-state index is 0.0951. The standard InChI is InChI=1S/C29H27NO5/c1-3-11-24(20-12-6-4-7-13-20)30-25(31)18-34-29(33)23-17-10-16-22-26(32)19(2)27(35-28(22)23)21-14-8-5-9-15-21/h4-10,12-17,24H,3,11,18H2,1-2H3,(H,30,31). The third-order valence-electron chi connectivity index (χ3n) is 5.85. The monoisotopic (exact) mass is 469 g/mol. The summed E-state index contributed by atoms with van der Waals surface area (Å²) in [5, 5.41) is 3.22. The molecule has 0 bridgehead atoms. The van der Waals surface area contributed by atoms with Gasteiger partial charge in [0.15, 0.2) is 17.6 Å². The van der Waals surface area contributed by atoms with Crippen molar-refractivity contribution in [3.05, 3.63) is 106 Å². The van der Waals surface area contributed by atoms with Crippen molar-refractivity contribution in [2.45, 2.75) is 32.7 Å². The Labute approximate surface area is 203 Å². The SMILES string of the molecule is CCCC(NC(=O)COC(=O)c1cccc2c(=O)c(C)c(-c3ccccc3)oc12)c1ccccc1. The van der Waals surface area contributed by atoms with Crippen LogP contribution in [0.4, 0.5) is 0 Å². The van der Waals surface area contributed by atoms with Crippen LogP contribution in [0.25, 0.3) is 22.3 Å². The molecule has 35 heavy (non-hydrogen) atoms. The van der Waals surface area contributed by atoms with Gasteiger partial charge in [-0.25, -0.2) is 4.79 Å². The topological polar surface area (TPSA) is 85.6 Å². The average Bonchev–Trinajstić information content (AvgIpc) is 2.89. The lowest BCUT2D eigenvalue weighted by molar-refractivity contribution is -0.125. The van der Waals surface area contributed by atoms with Gasteiger partial charge in [-0.15, -0.1) is 0 Å². The van der Waals surface area contributed by atoms with E-state index in [1.165, 1.54) is 6.07 Å². The molecule has 0 saturated heterocycles. The van der Waals surface area contributed by atoms with Gasteiger partial charge < -0.3 is 14.5 Å². The molecule has 0 spiro atoms. The number of amides is 1. The van der Waals surface area contributed by atoms with Crippen LogP contribution in [-0.2, 0) is 9.53 Å². The van der Waals surface area contributed by atoms with Crippen molar-refractivity contribution in [1.82, 2.24) is 5.32 Å². The Hall–Kier alpha value is -4.19. The van der Waals surface area contributed by atoms with Gasteiger partial charge in [-0.05, 0) is 31.0 Å². The van der Waals surface area contributed by atoms with E-state index < -0.39 is 18.5 Å². The van der Waals surface area contributed by atoms with Gasteiger partial charge >= 0.3 is 5.97 Å². The molecule has 4 rings (SSSR count). The van der Waals surface area contributed by atoms with Crippen LogP contribution in [-0.4, -0.2) is 18.5 Å². The zero-order valence-corrected chi connectivity index (χ0v) is 19.7. The van der Waals surface area contributed by atoms with E-state index in [0.29, 0.717) is 11.3 Å². The minimum Gasteiger partial charge on any atom is -0.455 e. The molecule has 1 unspecified atom stereocenters. The Morgan fingerprint density at radius 1 is 0.943 bits per heavy atom. The van der Waals surface area contributed by atoms with Gasteiger partial charge in [0, 0.05) is 11.1 Å². The van der Waals surface area contributed by atoms with Crippen LogP contribution in [0, 0.1) is 6.92 Å². The molecule has 1 N–H and O–H groups in total. The molecule has 178 valence electrons. The molecule has 6 nitrogen and oxygen atoms in total. The highest BCUT2D eigenvalue weighted by Gasteiger charge is 2.21. The minimum atomic E-state index is -0.733. The van der Waals surface area contributed by atoms with E-state index in [0.717, 1.165) is 24.0 Å². The maximum atomic E-state index is 13.0. The van der Waals surface area contributed by atoms with Crippen LogP contribution >= 0.6 is 0 Å². The lowest BCUT2D eigenvalue weighted by Gasteiger charge is -2.18. The third-order valence-corrected chi connectivity index (χ3v) is 5.85. The number of ether oxygens (including phenoxy) is 1. The van der Waals surface area contributed by atoms with E-state index in [2.05, 4.69) is 5.32 Å². The smallest absolute Gasteiger partial charge is 0.342 e. The lowest BCUT2D eigenvalue weighted by Crippen LogP contribution is -2.32. The van der Waals surface area contributed by atoms with E-state index >= 15 is 0 Å². The number of rotatable bonds is 8. The van der Waals surface area contributed by atoms with Crippen molar-refractivity contribution in [1.29, 1.82) is 0 Å². The molecule has 1 heterocycles. The van der Waals surface area contributed by atoms with Crippen LogP contribution < -0.4 is 10.7 Å². The van der Waals surface area contributed by atoms with E-state index in [-0.39, 0.29) is 28.0 Å². The van der Waals surface area contributed by atoms with Crippen molar-refractivity contribution in [2.24, 2.45) is 0 Å². The van der Waals surface area contributed by atoms with Crippen molar-refractivity contribution < 1.29 is 18.7 Å². The Bertz CT molecular complexity index is 1390. The molecular weight excluding hydrogens is 442 g/mol. The molecule has 6 heteroatoms. The van der Waals surface area contributed by atoms with Gasteiger partial charge in [-0.3, -0.25) is 9.59 Å². The first-order valence-electron chi connectivity index (χ1n) is 11.6. The molecule has 0 aliphatic rings. The second-order valence-corrected chi connectivity index (χ2v) is 8.33. The summed E-state index contributed by atoms with van der Waals surface area (Å²) in [5.41, 5.74) is 2.19. The summed E-state index contributed by atoms with van der Waals surface area (Å²) in [4.78, 5) is 38.5. The fourth-order valence-corrected chi connectivity index (χ4v) is 4.08. The second kappa shape index (κ2) is 10.8. The Balaban J connectivity index is 1.55. The van der Waals surface area contributed by atoms with E-state index in [9.17, 15) is 14.4 Å². The number of carbonyl (C=O) groups is 2. The van der Waals surface area contributed by atoms with Gasteiger partial charge in [0.2, 0.25) is 0 Å². The summed E-state index contributed by atoms with van der Waals surface area (Å²) in [6.07, 6.45) is 1.65. The Kier molecular flexibility index (Phi) is 7.41. The molecule has 0 aliphatic carbocycles. The summed E-state index contributed by atoms with van der Waals surface area (Å²) in [6.45, 7) is 3.30. The van der Waals surface area contributed by atoms with Crippen LogP contribution in [0.2, 0.25) is 0 Å². The van der Waals surface area contributed by atoms with Crippen LogP contribution in [0.15, 0.2) is 88.1 Å². The Morgan fingerprint density at radius 2 is 1.63 bits per heavy atom. The third kappa shape index (κ3) is 5.32. The largest absolute Gasteiger partial charge is 0.455 e. The number of fused-ring (bicyclic) bond motifs is 1. The molecule has 1 aromatic heterocycles. The fourth-order valence-electron chi connectivity index (χ4n) is 4.08. The van der Waals surface area contributed by atoms with Crippen LogP contribution in [0.1, 0.15) is 47.3 Å². The number of hydrogen-bond acceptors (Lipinski definition) is 5. The molecule has 0 aliphatic heterocycles.